The van der Waals surface area contributed by atoms with E-state index in [2.05, 4.69) is 5.32 Å². The molecule has 1 N–H and O–H groups in total. The molecule has 1 aromatic carbocycles. The average molecular weight is 381 g/mol. The van der Waals surface area contributed by atoms with Gasteiger partial charge in [0.2, 0.25) is 0 Å². The van der Waals surface area contributed by atoms with Crippen LogP contribution >= 0.6 is 23.2 Å². The largest absolute Gasteiger partial charge is 0.465 e. The molecule has 0 aliphatic rings. The number of hydrogen-bond donors (Lipinski definition) is 1. The van der Waals surface area contributed by atoms with Gasteiger partial charge in [-0.15, -0.1) is 0 Å². The summed E-state index contributed by atoms with van der Waals surface area (Å²) in [4.78, 5) is 26.8. The standard InChI is InChI=1S/C18H18Cl2N2O3/c1-3-22(4-2)18(24)16(11-13-6-5-9-25-13)21-17(23)14-8-7-12(19)10-15(14)20/h5-11H,3-4H2,1-2H3,(H,21,23). The molecule has 0 radical (unpaired) electrons. The van der Waals surface area contributed by atoms with E-state index in [4.69, 9.17) is 27.6 Å². The van der Waals surface area contributed by atoms with Crippen LogP contribution in [-0.4, -0.2) is 29.8 Å². The fourth-order valence-corrected chi connectivity index (χ4v) is 2.71. The lowest BCUT2D eigenvalue weighted by Crippen LogP contribution is -2.38. The Morgan fingerprint density at radius 2 is 1.92 bits per heavy atom. The van der Waals surface area contributed by atoms with Gasteiger partial charge in [-0.25, -0.2) is 0 Å². The number of rotatable bonds is 6. The monoisotopic (exact) mass is 380 g/mol. The smallest absolute Gasteiger partial charge is 0.270 e. The highest BCUT2D eigenvalue weighted by atomic mass is 35.5. The molecule has 0 fully saturated rings. The van der Waals surface area contributed by atoms with Crippen LogP contribution in [-0.2, 0) is 4.79 Å². The second kappa shape index (κ2) is 8.74. The van der Waals surface area contributed by atoms with Crippen molar-refractivity contribution in [2.24, 2.45) is 0 Å². The molecule has 7 heteroatoms. The molecule has 2 amide bonds. The number of halogens is 2. The maximum atomic E-state index is 12.7. The van der Waals surface area contributed by atoms with Crippen LogP contribution in [0.25, 0.3) is 6.08 Å². The van der Waals surface area contributed by atoms with Crippen LogP contribution in [0.1, 0.15) is 30.0 Å². The number of hydrogen-bond acceptors (Lipinski definition) is 3. The van der Waals surface area contributed by atoms with E-state index in [1.54, 1.807) is 23.1 Å². The molecular weight excluding hydrogens is 363 g/mol. The van der Waals surface area contributed by atoms with Crippen LogP contribution in [0, 0.1) is 0 Å². The van der Waals surface area contributed by atoms with Gasteiger partial charge >= 0.3 is 0 Å². The van der Waals surface area contributed by atoms with Gasteiger partial charge in [-0.1, -0.05) is 23.2 Å². The molecule has 0 aliphatic heterocycles. The minimum absolute atomic E-state index is 0.106. The topological polar surface area (TPSA) is 62.6 Å². The third kappa shape index (κ3) is 4.87. The number of carbonyl (C=O) groups excluding carboxylic acids is 2. The van der Waals surface area contributed by atoms with Gasteiger partial charge < -0.3 is 14.6 Å². The van der Waals surface area contributed by atoms with Crippen molar-refractivity contribution < 1.29 is 14.0 Å². The van der Waals surface area contributed by atoms with E-state index in [9.17, 15) is 9.59 Å². The van der Waals surface area contributed by atoms with Gasteiger partial charge in [0.25, 0.3) is 11.8 Å². The first-order valence-corrected chi connectivity index (χ1v) is 8.52. The molecule has 2 aromatic rings. The first kappa shape index (κ1) is 19.1. The van der Waals surface area contributed by atoms with Gasteiger partial charge in [0.1, 0.15) is 11.5 Å². The lowest BCUT2D eigenvalue weighted by Gasteiger charge is -2.20. The van der Waals surface area contributed by atoms with Crippen molar-refractivity contribution in [3.05, 3.63) is 63.7 Å². The average Bonchev–Trinajstić information content (AvgIpc) is 3.08. The number of nitrogens with one attached hydrogen (secondary N) is 1. The van der Waals surface area contributed by atoms with Gasteiger partial charge in [0.15, 0.2) is 0 Å². The van der Waals surface area contributed by atoms with Gasteiger partial charge in [-0.3, -0.25) is 9.59 Å². The molecular formula is C18H18Cl2N2O3. The van der Waals surface area contributed by atoms with Crippen molar-refractivity contribution in [2.45, 2.75) is 13.8 Å². The molecule has 1 aromatic heterocycles. The lowest BCUT2D eigenvalue weighted by molar-refractivity contribution is -0.127. The minimum atomic E-state index is -0.500. The molecule has 0 atom stereocenters. The molecule has 0 unspecified atom stereocenters. The first-order valence-electron chi connectivity index (χ1n) is 7.77. The fraction of sp³-hybridized carbons (Fsp3) is 0.222. The van der Waals surface area contributed by atoms with E-state index in [0.717, 1.165) is 0 Å². The number of furan rings is 1. The van der Waals surface area contributed by atoms with E-state index in [1.807, 2.05) is 13.8 Å². The molecule has 2 rings (SSSR count). The highest BCUT2D eigenvalue weighted by Gasteiger charge is 2.20. The third-order valence-corrected chi connectivity index (χ3v) is 4.08. The Hall–Kier alpha value is -2.24. The Bertz CT molecular complexity index is 782. The number of nitrogens with zero attached hydrogens (tertiary/aromatic N) is 1. The molecule has 1 heterocycles. The third-order valence-electron chi connectivity index (χ3n) is 3.53. The predicted molar refractivity (Wildman–Crippen MR) is 98.5 cm³/mol. The van der Waals surface area contributed by atoms with Crippen LogP contribution in [0.3, 0.4) is 0 Å². The molecule has 0 saturated heterocycles. The summed E-state index contributed by atoms with van der Waals surface area (Å²) in [6, 6.07) is 7.93. The van der Waals surface area contributed by atoms with Crippen molar-refractivity contribution in [1.29, 1.82) is 0 Å². The second-order valence-corrected chi connectivity index (χ2v) is 5.97. The van der Waals surface area contributed by atoms with Gasteiger partial charge in [0, 0.05) is 24.2 Å². The highest BCUT2D eigenvalue weighted by molar-refractivity contribution is 6.36. The molecule has 0 aliphatic carbocycles. The van der Waals surface area contributed by atoms with E-state index in [1.165, 1.54) is 24.5 Å². The van der Waals surface area contributed by atoms with Gasteiger partial charge in [-0.2, -0.15) is 0 Å². The molecule has 0 saturated carbocycles. The SMILES string of the molecule is CCN(CC)C(=O)C(=Cc1ccco1)NC(=O)c1ccc(Cl)cc1Cl. The summed E-state index contributed by atoms with van der Waals surface area (Å²) in [6.07, 6.45) is 2.98. The molecule has 0 bridgehead atoms. The summed E-state index contributed by atoms with van der Waals surface area (Å²) in [5.74, 6) is -0.349. The summed E-state index contributed by atoms with van der Waals surface area (Å²) in [6.45, 7) is 4.76. The Morgan fingerprint density at radius 1 is 1.20 bits per heavy atom. The van der Waals surface area contributed by atoms with Crippen LogP contribution in [0.15, 0.2) is 46.7 Å². The molecule has 5 nitrogen and oxygen atoms in total. The van der Waals surface area contributed by atoms with Crippen LogP contribution in [0.4, 0.5) is 0 Å². The number of benzene rings is 1. The van der Waals surface area contributed by atoms with E-state index >= 15 is 0 Å². The maximum Gasteiger partial charge on any atom is 0.270 e. The second-order valence-electron chi connectivity index (χ2n) is 5.13. The Kier molecular flexibility index (Phi) is 6.67. The van der Waals surface area contributed by atoms with Crippen molar-refractivity contribution >= 4 is 41.1 Å². The lowest BCUT2D eigenvalue weighted by atomic mass is 10.2. The number of likely N-dealkylation sites (N-methyl/N-ethyl adjacent to an activating group) is 1. The maximum absolute atomic E-state index is 12.7. The summed E-state index contributed by atoms with van der Waals surface area (Å²) in [5, 5.41) is 3.25. The highest BCUT2D eigenvalue weighted by Crippen LogP contribution is 2.21. The van der Waals surface area contributed by atoms with Crippen molar-refractivity contribution in [1.82, 2.24) is 10.2 Å². The Balaban J connectivity index is 2.32. The van der Waals surface area contributed by atoms with E-state index < -0.39 is 5.91 Å². The number of carbonyl (C=O) groups is 2. The molecule has 132 valence electrons. The van der Waals surface area contributed by atoms with Gasteiger partial charge in [0.05, 0.1) is 16.8 Å². The van der Waals surface area contributed by atoms with Crippen LogP contribution in [0.5, 0.6) is 0 Å². The Morgan fingerprint density at radius 3 is 2.48 bits per heavy atom. The predicted octanol–water partition coefficient (Wildman–Crippen LogP) is 4.23. The van der Waals surface area contributed by atoms with E-state index in [0.29, 0.717) is 23.9 Å². The zero-order chi connectivity index (χ0) is 18.4. The van der Waals surface area contributed by atoms with Crippen LogP contribution in [0.2, 0.25) is 10.0 Å². The minimum Gasteiger partial charge on any atom is -0.465 e. The summed E-state index contributed by atoms with van der Waals surface area (Å²) in [7, 11) is 0. The van der Waals surface area contributed by atoms with Crippen molar-refractivity contribution in [3.8, 4) is 0 Å². The summed E-state index contributed by atoms with van der Waals surface area (Å²) in [5.41, 5.74) is 0.332. The number of amides is 2. The normalized spacial score (nSPS) is 11.3. The van der Waals surface area contributed by atoms with Crippen LogP contribution < -0.4 is 5.32 Å². The zero-order valence-electron chi connectivity index (χ0n) is 13.9. The van der Waals surface area contributed by atoms with Gasteiger partial charge in [-0.05, 0) is 44.2 Å². The fourth-order valence-electron chi connectivity index (χ4n) is 2.21. The molecule has 25 heavy (non-hydrogen) atoms. The van der Waals surface area contributed by atoms with Crippen molar-refractivity contribution in [3.63, 3.8) is 0 Å². The van der Waals surface area contributed by atoms with E-state index in [-0.39, 0.29) is 22.2 Å². The molecule has 0 spiro atoms. The Labute approximate surface area is 156 Å². The first-order chi connectivity index (χ1) is 12.0. The van der Waals surface area contributed by atoms with Crippen molar-refractivity contribution in [2.75, 3.05) is 13.1 Å². The quantitative estimate of drug-likeness (QED) is 0.762. The zero-order valence-corrected chi connectivity index (χ0v) is 15.4. The summed E-state index contributed by atoms with van der Waals surface area (Å²) < 4.78 is 5.25. The summed E-state index contributed by atoms with van der Waals surface area (Å²) >= 11 is 11.9.